The molecule has 1 fully saturated rings. The zero-order valence-corrected chi connectivity index (χ0v) is 17.5. The van der Waals surface area contributed by atoms with Gasteiger partial charge in [0.15, 0.2) is 11.2 Å². The van der Waals surface area contributed by atoms with Gasteiger partial charge < -0.3 is 24.8 Å². The lowest BCUT2D eigenvalue weighted by Crippen LogP contribution is -2.52. The molecule has 5 atom stereocenters. The third-order valence-electron chi connectivity index (χ3n) is 6.69. The first kappa shape index (κ1) is 20.9. The van der Waals surface area contributed by atoms with Gasteiger partial charge in [0.1, 0.15) is 23.3 Å². The number of pyridine rings is 1. The van der Waals surface area contributed by atoms with Gasteiger partial charge in [-0.25, -0.2) is 4.85 Å². The summed E-state index contributed by atoms with van der Waals surface area (Å²) in [7, 11) is 1.52. The van der Waals surface area contributed by atoms with Crippen molar-refractivity contribution in [2.45, 2.75) is 23.2 Å². The Morgan fingerprint density at radius 2 is 1.88 bits per heavy atom. The number of carbonyl (C=O) groups is 1. The first-order valence-corrected chi connectivity index (χ1v) is 10.3. The number of hydrogen-bond donors (Lipinski definition) is 3. The van der Waals surface area contributed by atoms with E-state index in [0.29, 0.717) is 16.9 Å². The molecule has 8 nitrogen and oxygen atoms in total. The van der Waals surface area contributed by atoms with Crippen LogP contribution in [0.1, 0.15) is 22.7 Å². The van der Waals surface area contributed by atoms with Crippen LogP contribution in [0.3, 0.4) is 0 Å². The molecule has 8 heteroatoms. The summed E-state index contributed by atoms with van der Waals surface area (Å²) in [6.07, 6.45) is -0.467. The number of rotatable bonds is 4. The maximum atomic E-state index is 12.4. The predicted molar refractivity (Wildman–Crippen MR) is 116 cm³/mol. The molecule has 166 valence electrons. The van der Waals surface area contributed by atoms with Crippen molar-refractivity contribution < 1.29 is 29.6 Å². The number of nitrogens with zero attached hydrogens (tertiary/aromatic N) is 2. The molecule has 5 rings (SSSR count). The van der Waals surface area contributed by atoms with Crippen LogP contribution >= 0.6 is 0 Å². The van der Waals surface area contributed by atoms with E-state index >= 15 is 0 Å². The van der Waals surface area contributed by atoms with Crippen LogP contribution < -0.4 is 9.47 Å². The molecule has 3 aromatic rings. The molecule has 33 heavy (non-hydrogen) atoms. The van der Waals surface area contributed by atoms with Crippen LogP contribution in [0, 0.1) is 12.5 Å². The summed E-state index contributed by atoms with van der Waals surface area (Å²) in [6, 6.07) is 17.0. The third kappa shape index (κ3) is 2.64. The maximum absolute atomic E-state index is 12.4. The Kier molecular flexibility index (Phi) is 4.64. The smallest absolute Gasteiger partial charge is 0.310 e. The van der Waals surface area contributed by atoms with Gasteiger partial charge in [0.05, 0.1) is 19.6 Å². The second kappa shape index (κ2) is 7.30. The number of carboxylic acid groups (broad SMARTS) is 1. The van der Waals surface area contributed by atoms with Crippen molar-refractivity contribution >= 4 is 11.7 Å². The van der Waals surface area contributed by atoms with Crippen LogP contribution in [0.5, 0.6) is 11.5 Å². The number of aliphatic hydroxyl groups excluding tert-OH is 1. The lowest BCUT2D eigenvalue weighted by atomic mass is 9.71. The van der Waals surface area contributed by atoms with Crippen LogP contribution in [-0.2, 0) is 16.0 Å². The minimum atomic E-state index is -2.19. The molecular weight excluding hydrogens is 424 g/mol. The highest BCUT2D eigenvalue weighted by Crippen LogP contribution is 2.68. The van der Waals surface area contributed by atoms with Crippen molar-refractivity contribution in [3.8, 4) is 11.5 Å². The monoisotopic (exact) mass is 444 g/mol. The third-order valence-corrected chi connectivity index (χ3v) is 6.69. The lowest BCUT2D eigenvalue weighted by molar-refractivity contribution is -0.160. The summed E-state index contributed by atoms with van der Waals surface area (Å²) in [5, 5.41) is 33.7. The highest BCUT2D eigenvalue weighted by atomic mass is 16.5. The molecule has 0 unspecified atom stereocenters. The highest BCUT2D eigenvalue weighted by molar-refractivity contribution is 5.76. The fraction of sp³-hybridized carbons (Fsp3) is 0.240. The van der Waals surface area contributed by atoms with Crippen LogP contribution in [0.15, 0.2) is 66.9 Å². The molecule has 1 aromatic heterocycles. The highest BCUT2D eigenvalue weighted by Gasteiger charge is 2.78. The second-order valence-electron chi connectivity index (χ2n) is 8.18. The van der Waals surface area contributed by atoms with Crippen molar-refractivity contribution in [2.75, 3.05) is 7.11 Å². The average Bonchev–Trinajstić information content (AvgIpc) is 3.22. The minimum absolute atomic E-state index is 0.00268. The van der Waals surface area contributed by atoms with Crippen molar-refractivity contribution in [3.63, 3.8) is 0 Å². The number of hydrogen-bond acceptors (Lipinski definition) is 6. The Bertz CT molecular complexity index is 1270. The Morgan fingerprint density at radius 3 is 2.48 bits per heavy atom. The van der Waals surface area contributed by atoms with Crippen molar-refractivity contribution in [1.29, 1.82) is 0 Å². The zero-order valence-electron chi connectivity index (χ0n) is 17.5. The van der Waals surface area contributed by atoms with Gasteiger partial charge in [-0.1, -0.05) is 42.5 Å². The molecule has 3 N–H and O–H groups in total. The number of benzene rings is 2. The second-order valence-corrected chi connectivity index (χ2v) is 8.18. The van der Waals surface area contributed by atoms with E-state index in [2.05, 4.69) is 9.83 Å². The van der Waals surface area contributed by atoms with E-state index in [4.69, 9.17) is 16.0 Å². The topological polar surface area (TPSA) is 113 Å². The summed E-state index contributed by atoms with van der Waals surface area (Å²) in [5.41, 5.74) is -2.69. The van der Waals surface area contributed by atoms with Gasteiger partial charge in [0, 0.05) is 12.1 Å². The molecule has 1 aliphatic carbocycles. The van der Waals surface area contributed by atoms with Crippen molar-refractivity contribution in [2.24, 2.45) is 5.92 Å². The first-order chi connectivity index (χ1) is 15.9. The van der Waals surface area contributed by atoms with E-state index in [1.807, 2.05) is 0 Å². The summed E-state index contributed by atoms with van der Waals surface area (Å²) in [6.45, 7) is 7.30. The standard InChI is InChI=1S/C25H20N2O6/c1-26-16-12-18-21(27-13-16)24(31)22(28)19(23(29)30)20(14-6-4-3-5-7-14)25(24,33-18)15-8-10-17(32-2)11-9-15/h3-13,19-20,22,28,31H,2H3,(H,29,30)/t19-,20-,22-,24+,25+/m1/s1. The molecule has 0 spiro atoms. The first-order valence-electron chi connectivity index (χ1n) is 10.3. The largest absolute Gasteiger partial charge is 0.497 e. The fourth-order valence-electron chi connectivity index (χ4n) is 5.32. The number of aliphatic carboxylic acids is 1. The molecule has 0 bridgehead atoms. The van der Waals surface area contributed by atoms with Crippen LogP contribution in [-0.4, -0.2) is 39.5 Å². The van der Waals surface area contributed by atoms with E-state index in [1.54, 1.807) is 54.6 Å². The fourth-order valence-corrected chi connectivity index (χ4v) is 5.32. The van der Waals surface area contributed by atoms with E-state index in [-0.39, 0.29) is 17.1 Å². The summed E-state index contributed by atoms with van der Waals surface area (Å²) in [5.74, 6) is -2.95. The van der Waals surface area contributed by atoms with Gasteiger partial charge in [-0.15, -0.1) is 0 Å². The zero-order chi connectivity index (χ0) is 23.4. The minimum Gasteiger partial charge on any atom is -0.497 e. The summed E-state index contributed by atoms with van der Waals surface area (Å²) >= 11 is 0. The van der Waals surface area contributed by atoms with E-state index in [1.165, 1.54) is 19.4 Å². The van der Waals surface area contributed by atoms with Gasteiger partial charge in [-0.05, 0) is 29.3 Å². The van der Waals surface area contributed by atoms with Gasteiger partial charge in [0.25, 0.3) is 0 Å². The average molecular weight is 444 g/mol. The number of aliphatic hydroxyl groups is 2. The quantitative estimate of drug-likeness (QED) is 0.530. The van der Waals surface area contributed by atoms with Crippen LogP contribution in [0.25, 0.3) is 4.85 Å². The number of carboxylic acids is 1. The maximum Gasteiger partial charge on any atom is 0.310 e. The van der Waals surface area contributed by atoms with Crippen molar-refractivity contribution in [3.05, 3.63) is 95.1 Å². The van der Waals surface area contributed by atoms with Gasteiger partial charge >= 0.3 is 5.97 Å². The van der Waals surface area contributed by atoms with Crippen molar-refractivity contribution in [1.82, 2.24) is 4.98 Å². The molecule has 0 radical (unpaired) electrons. The molecule has 2 aliphatic rings. The number of methoxy groups -OCH3 is 1. The van der Waals surface area contributed by atoms with Crippen LogP contribution in [0.2, 0.25) is 0 Å². The number of fused-ring (bicyclic) bond motifs is 3. The molecule has 1 aliphatic heterocycles. The lowest BCUT2D eigenvalue weighted by Gasteiger charge is -2.40. The van der Waals surface area contributed by atoms with Gasteiger partial charge in [-0.3, -0.25) is 9.78 Å². The van der Waals surface area contributed by atoms with Gasteiger partial charge in [-0.2, -0.15) is 0 Å². The Hall–Kier alpha value is -3.93. The summed E-state index contributed by atoms with van der Waals surface area (Å²) in [4.78, 5) is 20.1. The molecule has 0 amide bonds. The van der Waals surface area contributed by atoms with E-state index < -0.39 is 35.1 Å². The molecular formula is C25H20N2O6. The summed E-state index contributed by atoms with van der Waals surface area (Å²) < 4.78 is 11.7. The SMILES string of the molecule is [C-]#[N+]c1cnc2c(c1)O[C@@]1(c3ccc(OC)cc3)[C@H](c3ccccc3)[C@@H](C(=O)O)[C@@H](O)[C@@]21O. The van der Waals surface area contributed by atoms with E-state index in [9.17, 15) is 20.1 Å². The number of ether oxygens (including phenoxy) is 2. The molecule has 1 saturated carbocycles. The van der Waals surface area contributed by atoms with Crippen LogP contribution in [0.4, 0.5) is 5.69 Å². The Balaban J connectivity index is 1.85. The molecule has 2 aromatic carbocycles. The van der Waals surface area contributed by atoms with E-state index in [0.717, 1.165) is 0 Å². The Labute approximate surface area is 189 Å². The molecule has 2 heterocycles. The number of aromatic nitrogens is 1. The molecule has 0 saturated heterocycles. The Morgan fingerprint density at radius 1 is 1.18 bits per heavy atom. The normalized spacial score (nSPS) is 29.5. The van der Waals surface area contributed by atoms with Gasteiger partial charge in [0.2, 0.25) is 5.69 Å². The predicted octanol–water partition coefficient (Wildman–Crippen LogP) is 2.98.